The van der Waals surface area contributed by atoms with Gasteiger partial charge in [0.2, 0.25) is 0 Å². The molecule has 0 heterocycles. The Labute approximate surface area is 216 Å². The first-order chi connectivity index (χ1) is 17.5. The largest absolute Gasteiger partial charge is 0.207 e. The van der Waals surface area contributed by atoms with E-state index in [1.807, 2.05) is 19.1 Å². The van der Waals surface area contributed by atoms with Gasteiger partial charge in [0.1, 0.15) is 11.6 Å². The molecule has 2 heteroatoms. The van der Waals surface area contributed by atoms with Gasteiger partial charge >= 0.3 is 0 Å². The third-order valence-corrected chi connectivity index (χ3v) is 8.05. The lowest BCUT2D eigenvalue weighted by atomic mass is 9.75. The Bertz CT molecular complexity index is 1080. The quantitative estimate of drug-likeness (QED) is 0.250. The van der Waals surface area contributed by atoms with Crippen LogP contribution in [0.4, 0.5) is 8.78 Å². The Hall–Kier alpha value is -2.74. The molecular formula is C34H40F2. The smallest absolute Gasteiger partial charge is 0.129 e. The predicted molar refractivity (Wildman–Crippen MR) is 148 cm³/mol. The van der Waals surface area contributed by atoms with E-state index in [4.69, 9.17) is 0 Å². The van der Waals surface area contributed by atoms with Crippen molar-refractivity contribution in [2.75, 3.05) is 0 Å². The summed E-state index contributed by atoms with van der Waals surface area (Å²) in [6, 6.07) is 22.9. The molecule has 1 atom stereocenters. The molecule has 190 valence electrons. The minimum atomic E-state index is -0.418. The molecule has 0 aromatic heterocycles. The molecule has 3 aromatic rings. The summed E-state index contributed by atoms with van der Waals surface area (Å²) in [5.41, 5.74) is 5.05. The highest BCUT2D eigenvalue weighted by Gasteiger charge is 2.24. The predicted octanol–water partition coefficient (Wildman–Crippen LogP) is 9.73. The third-order valence-electron chi connectivity index (χ3n) is 8.05. The molecule has 0 amide bonds. The summed E-state index contributed by atoms with van der Waals surface area (Å²) in [7, 11) is 0. The maximum atomic E-state index is 14.4. The van der Waals surface area contributed by atoms with Crippen LogP contribution in [0.1, 0.15) is 92.0 Å². The van der Waals surface area contributed by atoms with E-state index in [2.05, 4.69) is 61.5 Å². The Morgan fingerprint density at radius 3 is 2.08 bits per heavy atom. The zero-order valence-corrected chi connectivity index (χ0v) is 21.9. The van der Waals surface area contributed by atoms with Crippen molar-refractivity contribution in [3.63, 3.8) is 0 Å². The molecule has 0 unspecified atom stereocenters. The Morgan fingerprint density at radius 2 is 1.44 bits per heavy atom. The number of allylic oxidation sites excluding steroid dienone is 2. The first kappa shape index (κ1) is 26.3. The average molecular weight is 487 g/mol. The number of hydrogen-bond donors (Lipinski definition) is 0. The monoisotopic (exact) mass is 486 g/mol. The molecular weight excluding hydrogens is 446 g/mol. The second kappa shape index (κ2) is 13.0. The van der Waals surface area contributed by atoms with E-state index in [-0.39, 0.29) is 5.56 Å². The molecule has 1 saturated carbocycles. The van der Waals surface area contributed by atoms with Crippen molar-refractivity contribution in [1.29, 1.82) is 0 Å². The standard InChI is InChI=1S/C34H40F2/c1-3-4-6-11-32-33(35)23-28(24-34(32)36)13-12-26-14-18-30(19-15-26)31-20-16-27(17-21-31)22-25(2)29-9-7-5-8-10-29/h3-5,7-10,14-15,18-19,23-25,27,31H,6,11-13,16-17,20-22H2,1-2H3/t25-,27?,31?/m0/s1. The van der Waals surface area contributed by atoms with E-state index in [0.717, 1.165) is 17.9 Å². The Kier molecular flexibility index (Phi) is 9.50. The van der Waals surface area contributed by atoms with Gasteiger partial charge in [-0.15, -0.1) is 0 Å². The first-order valence-corrected chi connectivity index (χ1v) is 13.7. The molecule has 3 aromatic carbocycles. The molecule has 1 aliphatic rings. The van der Waals surface area contributed by atoms with E-state index in [0.29, 0.717) is 31.1 Å². The van der Waals surface area contributed by atoms with Crippen LogP contribution < -0.4 is 0 Å². The molecule has 0 nitrogen and oxygen atoms in total. The number of benzene rings is 3. The lowest BCUT2D eigenvalue weighted by Gasteiger charge is -2.30. The maximum Gasteiger partial charge on any atom is 0.129 e. The van der Waals surface area contributed by atoms with Crippen molar-refractivity contribution in [1.82, 2.24) is 0 Å². The fourth-order valence-corrected chi connectivity index (χ4v) is 5.83. The summed E-state index contributed by atoms with van der Waals surface area (Å²) in [4.78, 5) is 0. The zero-order valence-electron chi connectivity index (χ0n) is 21.9. The van der Waals surface area contributed by atoms with Crippen molar-refractivity contribution in [2.24, 2.45) is 5.92 Å². The summed E-state index contributed by atoms with van der Waals surface area (Å²) in [5.74, 6) is 1.27. The number of rotatable bonds is 10. The van der Waals surface area contributed by atoms with Crippen molar-refractivity contribution in [3.05, 3.63) is 118 Å². The topological polar surface area (TPSA) is 0 Å². The van der Waals surface area contributed by atoms with Gasteiger partial charge in [0, 0.05) is 5.56 Å². The van der Waals surface area contributed by atoms with Gasteiger partial charge in [-0.25, -0.2) is 8.78 Å². The minimum absolute atomic E-state index is 0.199. The molecule has 0 radical (unpaired) electrons. The molecule has 1 fully saturated rings. The highest BCUT2D eigenvalue weighted by atomic mass is 19.1. The molecule has 0 N–H and O–H groups in total. The Balaban J connectivity index is 1.25. The van der Waals surface area contributed by atoms with Gasteiger partial charge < -0.3 is 0 Å². The number of hydrogen-bond acceptors (Lipinski definition) is 0. The van der Waals surface area contributed by atoms with Crippen molar-refractivity contribution < 1.29 is 8.78 Å². The van der Waals surface area contributed by atoms with Crippen LogP contribution in [0.5, 0.6) is 0 Å². The van der Waals surface area contributed by atoms with Gasteiger partial charge in [-0.3, -0.25) is 0 Å². The van der Waals surface area contributed by atoms with Crippen LogP contribution in [0.15, 0.2) is 78.9 Å². The van der Waals surface area contributed by atoms with Gasteiger partial charge in [-0.05, 0) is 117 Å². The van der Waals surface area contributed by atoms with Crippen LogP contribution in [0, 0.1) is 17.6 Å². The fraction of sp³-hybridized carbons (Fsp3) is 0.412. The van der Waals surface area contributed by atoms with Gasteiger partial charge in [-0.1, -0.05) is 73.7 Å². The summed E-state index contributed by atoms with van der Waals surface area (Å²) >= 11 is 0. The van der Waals surface area contributed by atoms with Gasteiger partial charge in [0.15, 0.2) is 0 Å². The van der Waals surface area contributed by atoms with Crippen LogP contribution in [0.25, 0.3) is 0 Å². The average Bonchev–Trinajstić information content (AvgIpc) is 2.90. The maximum absolute atomic E-state index is 14.4. The second-order valence-electron chi connectivity index (χ2n) is 10.7. The zero-order chi connectivity index (χ0) is 25.3. The van der Waals surface area contributed by atoms with E-state index >= 15 is 0 Å². The Morgan fingerprint density at radius 1 is 0.806 bits per heavy atom. The lowest BCUT2D eigenvalue weighted by Crippen LogP contribution is -2.15. The first-order valence-electron chi connectivity index (χ1n) is 13.7. The minimum Gasteiger partial charge on any atom is -0.207 e. The van der Waals surface area contributed by atoms with Crippen molar-refractivity contribution in [2.45, 2.75) is 83.5 Å². The second-order valence-corrected chi connectivity index (χ2v) is 10.7. The summed E-state index contributed by atoms with van der Waals surface area (Å²) in [6.07, 6.45) is 12.8. The molecule has 0 bridgehead atoms. The molecule has 0 aliphatic heterocycles. The SMILES string of the molecule is CC=CCCc1c(F)cc(CCc2ccc(C3CCC(C[C@H](C)c4ccccc4)CC3)cc2)cc1F. The van der Waals surface area contributed by atoms with E-state index in [1.165, 1.54) is 60.9 Å². The highest BCUT2D eigenvalue weighted by Crippen LogP contribution is 2.39. The molecule has 4 rings (SSSR count). The van der Waals surface area contributed by atoms with Gasteiger partial charge in [-0.2, -0.15) is 0 Å². The van der Waals surface area contributed by atoms with Crippen molar-refractivity contribution >= 4 is 0 Å². The summed E-state index contributed by atoms with van der Waals surface area (Å²) < 4.78 is 28.9. The number of aryl methyl sites for hydroxylation is 2. The summed E-state index contributed by atoms with van der Waals surface area (Å²) in [5, 5.41) is 0. The number of halogens is 2. The molecule has 0 spiro atoms. The molecule has 1 aliphatic carbocycles. The van der Waals surface area contributed by atoms with Crippen LogP contribution in [0.2, 0.25) is 0 Å². The van der Waals surface area contributed by atoms with Crippen LogP contribution in [-0.4, -0.2) is 0 Å². The van der Waals surface area contributed by atoms with E-state index < -0.39 is 11.6 Å². The van der Waals surface area contributed by atoms with Crippen LogP contribution in [0.3, 0.4) is 0 Å². The van der Waals surface area contributed by atoms with Crippen LogP contribution in [-0.2, 0) is 19.3 Å². The summed E-state index contributed by atoms with van der Waals surface area (Å²) in [6.45, 7) is 4.28. The third kappa shape index (κ3) is 7.15. The van der Waals surface area contributed by atoms with Crippen molar-refractivity contribution in [3.8, 4) is 0 Å². The normalized spacial score (nSPS) is 19.0. The highest BCUT2D eigenvalue weighted by molar-refractivity contribution is 5.30. The fourth-order valence-electron chi connectivity index (χ4n) is 5.83. The molecule has 0 saturated heterocycles. The lowest BCUT2D eigenvalue weighted by molar-refractivity contribution is 0.297. The van der Waals surface area contributed by atoms with E-state index in [9.17, 15) is 8.78 Å². The molecule has 36 heavy (non-hydrogen) atoms. The van der Waals surface area contributed by atoms with Crippen LogP contribution >= 0.6 is 0 Å². The van der Waals surface area contributed by atoms with Gasteiger partial charge in [0.25, 0.3) is 0 Å². The van der Waals surface area contributed by atoms with Gasteiger partial charge in [0.05, 0.1) is 0 Å². The van der Waals surface area contributed by atoms with E-state index in [1.54, 1.807) is 0 Å².